The van der Waals surface area contributed by atoms with Crippen molar-refractivity contribution in [2.24, 2.45) is 0 Å². The molecule has 1 aromatic carbocycles. The van der Waals surface area contributed by atoms with Gasteiger partial charge in [-0.2, -0.15) is 5.10 Å². The summed E-state index contributed by atoms with van der Waals surface area (Å²) in [6, 6.07) is 4.13. The zero-order valence-electron chi connectivity index (χ0n) is 13.4. The smallest absolute Gasteiger partial charge is 0.204 e. The van der Waals surface area contributed by atoms with Crippen LogP contribution in [0.25, 0.3) is 11.3 Å². The van der Waals surface area contributed by atoms with Crippen molar-refractivity contribution < 1.29 is 14.2 Å². The number of aryl methyl sites for hydroxylation is 3. The third kappa shape index (κ3) is 2.26. The molecule has 2 aromatic rings. The van der Waals surface area contributed by atoms with Gasteiger partial charge in [-0.3, -0.25) is 0 Å². The maximum atomic E-state index is 5.65. The minimum absolute atomic E-state index is 0.596. The lowest BCUT2D eigenvalue weighted by molar-refractivity contribution is 0.324. The van der Waals surface area contributed by atoms with Crippen LogP contribution >= 0.6 is 0 Å². The molecule has 0 amide bonds. The lowest BCUT2D eigenvalue weighted by Gasteiger charge is -2.18. The van der Waals surface area contributed by atoms with Gasteiger partial charge >= 0.3 is 0 Å². The van der Waals surface area contributed by atoms with E-state index in [0.717, 1.165) is 41.8 Å². The van der Waals surface area contributed by atoms with Gasteiger partial charge in [0.1, 0.15) is 5.69 Å². The first-order chi connectivity index (χ1) is 10.7. The highest BCUT2D eigenvalue weighted by atomic mass is 16.5. The summed E-state index contributed by atoms with van der Waals surface area (Å²) in [5.41, 5.74) is 5.15. The molecule has 1 aromatic heterocycles. The summed E-state index contributed by atoms with van der Waals surface area (Å²) < 4.78 is 16.6. The minimum atomic E-state index is 0.596. The number of hydrogen-bond donors (Lipinski definition) is 0. The van der Waals surface area contributed by atoms with Crippen LogP contribution in [0, 0.1) is 6.92 Å². The van der Waals surface area contributed by atoms with Gasteiger partial charge in [-0.1, -0.05) is 0 Å². The van der Waals surface area contributed by atoms with E-state index in [0.29, 0.717) is 17.2 Å². The second kappa shape index (κ2) is 5.83. The van der Waals surface area contributed by atoms with Crippen LogP contribution in [0.5, 0.6) is 17.2 Å². The zero-order chi connectivity index (χ0) is 15.7. The van der Waals surface area contributed by atoms with Gasteiger partial charge < -0.3 is 14.2 Å². The highest BCUT2D eigenvalue weighted by Gasteiger charge is 2.26. The Balaban J connectivity index is 2.34. The largest absolute Gasteiger partial charge is 0.493 e. The van der Waals surface area contributed by atoms with Crippen LogP contribution in [0.1, 0.15) is 23.2 Å². The Hall–Kier alpha value is -2.30. The van der Waals surface area contributed by atoms with Gasteiger partial charge in [0.25, 0.3) is 0 Å². The third-order valence-electron chi connectivity index (χ3n) is 4.04. The van der Waals surface area contributed by atoms with E-state index in [-0.39, 0.29) is 0 Å². The normalized spacial score (nSPS) is 12.9. The summed E-state index contributed by atoms with van der Waals surface area (Å²) in [7, 11) is 4.90. The van der Waals surface area contributed by atoms with E-state index >= 15 is 0 Å². The maximum absolute atomic E-state index is 5.65. The fraction of sp³-hybridized carbons (Fsp3) is 0.412. The van der Waals surface area contributed by atoms with Crippen LogP contribution in [0.15, 0.2) is 12.1 Å². The predicted molar refractivity (Wildman–Crippen MR) is 83.9 cm³/mol. The average Bonchev–Trinajstić information content (AvgIpc) is 2.71. The topological polar surface area (TPSA) is 53.5 Å². The Kier molecular flexibility index (Phi) is 3.88. The molecule has 116 valence electrons. The summed E-state index contributed by atoms with van der Waals surface area (Å²) in [6.45, 7) is 1.96. The van der Waals surface area contributed by atoms with Crippen molar-refractivity contribution in [1.29, 1.82) is 0 Å². The van der Waals surface area contributed by atoms with Crippen molar-refractivity contribution in [2.45, 2.75) is 26.2 Å². The molecule has 0 fully saturated rings. The molecular formula is C17H20N2O3. The Labute approximate surface area is 130 Å². The first-order valence-corrected chi connectivity index (χ1v) is 7.35. The average molecular weight is 300 g/mol. The number of rotatable bonds is 3. The molecule has 0 unspecified atom stereocenters. The van der Waals surface area contributed by atoms with Crippen LogP contribution in [-0.2, 0) is 12.8 Å². The van der Waals surface area contributed by atoms with E-state index in [2.05, 4.69) is 16.3 Å². The van der Waals surface area contributed by atoms with Crippen molar-refractivity contribution in [1.82, 2.24) is 10.2 Å². The predicted octanol–water partition coefficient (Wildman–Crippen LogP) is 2.97. The monoisotopic (exact) mass is 300 g/mol. The van der Waals surface area contributed by atoms with Crippen LogP contribution in [0.2, 0.25) is 0 Å². The molecule has 3 rings (SSSR count). The molecule has 22 heavy (non-hydrogen) atoms. The minimum Gasteiger partial charge on any atom is -0.493 e. The number of methoxy groups -OCH3 is 3. The van der Waals surface area contributed by atoms with E-state index in [1.807, 2.05) is 13.0 Å². The molecule has 1 aliphatic carbocycles. The molecule has 0 bridgehead atoms. The van der Waals surface area contributed by atoms with Crippen molar-refractivity contribution in [3.8, 4) is 28.5 Å². The molecule has 1 aliphatic rings. The van der Waals surface area contributed by atoms with Gasteiger partial charge in [-0.25, -0.2) is 0 Å². The molecule has 5 nitrogen and oxygen atoms in total. The standard InChI is InChI=1S/C17H20N2O3/c1-10-8-12-7-5-6-11-9-13(20-2)16(21-3)17(22-4)14(11)15(12)19-18-10/h8-9H,5-7H2,1-4H3. The molecular weight excluding hydrogens is 280 g/mol. The maximum Gasteiger partial charge on any atom is 0.204 e. The van der Waals surface area contributed by atoms with Crippen LogP contribution in [0.4, 0.5) is 0 Å². The number of aromatic nitrogens is 2. The summed E-state index contributed by atoms with van der Waals surface area (Å²) >= 11 is 0. The number of benzene rings is 1. The number of hydrogen-bond acceptors (Lipinski definition) is 5. The summed E-state index contributed by atoms with van der Waals surface area (Å²) in [6.07, 6.45) is 2.99. The van der Waals surface area contributed by atoms with Gasteiger partial charge in [0.15, 0.2) is 11.5 Å². The Morgan fingerprint density at radius 2 is 1.59 bits per heavy atom. The van der Waals surface area contributed by atoms with Gasteiger partial charge in [-0.05, 0) is 49.4 Å². The number of fused-ring (bicyclic) bond motifs is 3. The lowest BCUT2D eigenvalue weighted by Crippen LogP contribution is -2.02. The molecule has 0 spiro atoms. The number of ether oxygens (including phenoxy) is 3. The van der Waals surface area contributed by atoms with E-state index < -0.39 is 0 Å². The third-order valence-corrected chi connectivity index (χ3v) is 4.04. The molecule has 0 N–H and O–H groups in total. The van der Waals surface area contributed by atoms with Crippen LogP contribution in [-0.4, -0.2) is 31.5 Å². The van der Waals surface area contributed by atoms with E-state index in [4.69, 9.17) is 14.2 Å². The second-order valence-electron chi connectivity index (χ2n) is 5.39. The van der Waals surface area contributed by atoms with E-state index in [9.17, 15) is 0 Å². The summed E-state index contributed by atoms with van der Waals surface area (Å²) in [4.78, 5) is 0. The molecule has 0 radical (unpaired) electrons. The lowest BCUT2D eigenvalue weighted by atomic mass is 9.99. The Morgan fingerprint density at radius 3 is 2.27 bits per heavy atom. The van der Waals surface area contributed by atoms with Crippen LogP contribution < -0.4 is 14.2 Å². The fourth-order valence-electron chi connectivity index (χ4n) is 3.08. The van der Waals surface area contributed by atoms with Gasteiger partial charge in [-0.15, -0.1) is 5.10 Å². The van der Waals surface area contributed by atoms with Gasteiger partial charge in [0, 0.05) is 0 Å². The quantitative estimate of drug-likeness (QED) is 0.872. The first-order valence-electron chi connectivity index (χ1n) is 7.35. The van der Waals surface area contributed by atoms with Crippen molar-refractivity contribution in [2.75, 3.05) is 21.3 Å². The fourth-order valence-corrected chi connectivity index (χ4v) is 3.08. The molecule has 5 heteroatoms. The number of nitrogens with zero attached hydrogens (tertiary/aromatic N) is 2. The van der Waals surface area contributed by atoms with E-state index in [1.165, 1.54) is 5.56 Å². The second-order valence-corrected chi connectivity index (χ2v) is 5.39. The molecule has 0 aliphatic heterocycles. The SMILES string of the molecule is COc1cc2c(c(OC)c1OC)-c1nnc(C)cc1CCC2. The molecule has 0 atom stereocenters. The Bertz CT molecular complexity index is 714. The highest BCUT2D eigenvalue weighted by Crippen LogP contribution is 2.48. The molecule has 0 saturated heterocycles. The molecule has 0 saturated carbocycles. The van der Waals surface area contributed by atoms with Gasteiger partial charge in [0.05, 0.1) is 32.6 Å². The summed E-state index contributed by atoms with van der Waals surface area (Å²) in [5, 5.41) is 8.66. The van der Waals surface area contributed by atoms with Crippen molar-refractivity contribution >= 4 is 0 Å². The van der Waals surface area contributed by atoms with E-state index in [1.54, 1.807) is 21.3 Å². The van der Waals surface area contributed by atoms with Crippen molar-refractivity contribution in [3.63, 3.8) is 0 Å². The summed E-state index contributed by atoms with van der Waals surface area (Å²) in [5.74, 6) is 1.94. The molecule has 1 heterocycles. The van der Waals surface area contributed by atoms with Crippen LogP contribution in [0.3, 0.4) is 0 Å². The van der Waals surface area contributed by atoms with Crippen molar-refractivity contribution in [3.05, 3.63) is 29.0 Å². The Morgan fingerprint density at radius 1 is 0.864 bits per heavy atom. The first kappa shape index (κ1) is 14.6. The zero-order valence-corrected chi connectivity index (χ0v) is 13.4. The van der Waals surface area contributed by atoms with Gasteiger partial charge in [0.2, 0.25) is 5.75 Å². The highest BCUT2D eigenvalue weighted by molar-refractivity contribution is 5.79.